The van der Waals surface area contributed by atoms with Crippen molar-refractivity contribution in [3.8, 4) is 0 Å². The lowest BCUT2D eigenvalue weighted by Gasteiger charge is -2.25. The average molecular weight is 329 g/mol. The SMILES string of the molecule is NCCCCCC(=O)N1CCCC1c1ccc(Cl)c(Cl)c1. The van der Waals surface area contributed by atoms with Crippen LogP contribution in [-0.2, 0) is 4.79 Å². The molecule has 3 nitrogen and oxygen atoms in total. The van der Waals surface area contributed by atoms with Gasteiger partial charge in [-0.1, -0.05) is 35.7 Å². The van der Waals surface area contributed by atoms with Crippen LogP contribution in [0.3, 0.4) is 0 Å². The van der Waals surface area contributed by atoms with Gasteiger partial charge in [0, 0.05) is 13.0 Å². The van der Waals surface area contributed by atoms with Crippen LogP contribution >= 0.6 is 23.2 Å². The van der Waals surface area contributed by atoms with Crippen LogP contribution in [0.4, 0.5) is 0 Å². The number of nitrogens with zero attached hydrogens (tertiary/aromatic N) is 1. The molecule has 116 valence electrons. The molecular weight excluding hydrogens is 307 g/mol. The highest BCUT2D eigenvalue weighted by atomic mass is 35.5. The Morgan fingerprint density at radius 2 is 2.05 bits per heavy atom. The summed E-state index contributed by atoms with van der Waals surface area (Å²) < 4.78 is 0. The first-order chi connectivity index (χ1) is 10.1. The van der Waals surface area contributed by atoms with E-state index in [0.717, 1.165) is 44.2 Å². The molecule has 1 heterocycles. The monoisotopic (exact) mass is 328 g/mol. The number of rotatable bonds is 6. The molecule has 0 aliphatic carbocycles. The summed E-state index contributed by atoms with van der Waals surface area (Å²) in [5.41, 5.74) is 6.55. The Morgan fingerprint density at radius 3 is 2.76 bits per heavy atom. The van der Waals surface area contributed by atoms with Crippen molar-refractivity contribution in [2.24, 2.45) is 5.73 Å². The van der Waals surface area contributed by atoms with Gasteiger partial charge in [0.1, 0.15) is 0 Å². The molecule has 1 atom stereocenters. The third-order valence-electron chi connectivity index (χ3n) is 4.00. The van der Waals surface area contributed by atoms with E-state index in [2.05, 4.69) is 0 Å². The second kappa shape index (κ2) is 8.02. The third-order valence-corrected chi connectivity index (χ3v) is 4.74. The Kier molecular flexibility index (Phi) is 6.34. The van der Waals surface area contributed by atoms with Crippen molar-refractivity contribution in [1.29, 1.82) is 0 Å². The van der Waals surface area contributed by atoms with Gasteiger partial charge in [-0.05, 0) is 49.9 Å². The fourth-order valence-electron chi connectivity index (χ4n) is 2.87. The Balaban J connectivity index is 1.99. The summed E-state index contributed by atoms with van der Waals surface area (Å²) in [5, 5.41) is 1.11. The number of carbonyl (C=O) groups excluding carboxylic acids is 1. The summed E-state index contributed by atoms with van der Waals surface area (Å²) in [6, 6.07) is 5.80. The maximum Gasteiger partial charge on any atom is 0.223 e. The molecule has 0 saturated carbocycles. The number of halogens is 2. The molecular formula is C16H22Cl2N2O. The largest absolute Gasteiger partial charge is 0.336 e. The predicted molar refractivity (Wildman–Crippen MR) is 87.7 cm³/mol. The van der Waals surface area contributed by atoms with Crippen LogP contribution in [0, 0.1) is 0 Å². The summed E-state index contributed by atoms with van der Waals surface area (Å²) in [5.74, 6) is 0.237. The Hall–Kier alpha value is -0.770. The molecule has 1 fully saturated rings. The van der Waals surface area contributed by atoms with Crippen molar-refractivity contribution < 1.29 is 4.79 Å². The first kappa shape index (κ1) is 16.6. The highest BCUT2D eigenvalue weighted by Gasteiger charge is 2.29. The summed E-state index contributed by atoms with van der Waals surface area (Å²) >= 11 is 12.1. The van der Waals surface area contributed by atoms with Crippen LogP contribution in [0.25, 0.3) is 0 Å². The molecule has 0 bridgehead atoms. The second-order valence-electron chi connectivity index (χ2n) is 5.52. The van der Waals surface area contributed by atoms with E-state index in [1.165, 1.54) is 0 Å². The van der Waals surface area contributed by atoms with Gasteiger partial charge in [0.05, 0.1) is 16.1 Å². The van der Waals surface area contributed by atoms with E-state index in [1.807, 2.05) is 17.0 Å². The van der Waals surface area contributed by atoms with E-state index in [9.17, 15) is 4.79 Å². The highest BCUT2D eigenvalue weighted by Crippen LogP contribution is 2.35. The normalized spacial score (nSPS) is 18.2. The zero-order chi connectivity index (χ0) is 15.2. The number of amides is 1. The second-order valence-corrected chi connectivity index (χ2v) is 6.33. The van der Waals surface area contributed by atoms with Gasteiger partial charge in [-0.15, -0.1) is 0 Å². The predicted octanol–water partition coefficient (Wildman–Crippen LogP) is 4.18. The molecule has 1 aromatic carbocycles. The van der Waals surface area contributed by atoms with E-state index in [1.54, 1.807) is 6.07 Å². The first-order valence-corrected chi connectivity index (χ1v) is 8.33. The van der Waals surface area contributed by atoms with Crippen molar-refractivity contribution >= 4 is 29.1 Å². The van der Waals surface area contributed by atoms with Crippen LogP contribution < -0.4 is 5.73 Å². The van der Waals surface area contributed by atoms with E-state index in [4.69, 9.17) is 28.9 Å². The maximum absolute atomic E-state index is 12.4. The number of unbranched alkanes of at least 4 members (excludes halogenated alkanes) is 2. The van der Waals surface area contributed by atoms with Crippen LogP contribution in [-0.4, -0.2) is 23.9 Å². The number of likely N-dealkylation sites (tertiary alicyclic amines) is 1. The van der Waals surface area contributed by atoms with Crippen molar-refractivity contribution in [2.45, 2.75) is 44.6 Å². The van der Waals surface area contributed by atoms with Crippen molar-refractivity contribution in [3.05, 3.63) is 33.8 Å². The molecule has 1 aliphatic rings. The molecule has 0 radical (unpaired) electrons. The topological polar surface area (TPSA) is 46.3 Å². The third kappa shape index (κ3) is 4.35. The molecule has 0 spiro atoms. The number of hydrogen-bond donors (Lipinski definition) is 1. The van der Waals surface area contributed by atoms with E-state index in [-0.39, 0.29) is 11.9 Å². The fourth-order valence-corrected chi connectivity index (χ4v) is 3.18. The smallest absolute Gasteiger partial charge is 0.223 e. The van der Waals surface area contributed by atoms with Crippen molar-refractivity contribution in [1.82, 2.24) is 4.90 Å². The van der Waals surface area contributed by atoms with Gasteiger partial charge in [0.2, 0.25) is 5.91 Å². The van der Waals surface area contributed by atoms with Gasteiger partial charge < -0.3 is 10.6 Å². The average Bonchev–Trinajstić information content (AvgIpc) is 2.96. The van der Waals surface area contributed by atoms with Gasteiger partial charge in [-0.2, -0.15) is 0 Å². The summed E-state index contributed by atoms with van der Waals surface area (Å²) in [7, 11) is 0. The van der Waals surface area contributed by atoms with Crippen LogP contribution in [0.15, 0.2) is 18.2 Å². The minimum absolute atomic E-state index is 0.141. The molecule has 2 rings (SSSR count). The van der Waals surface area contributed by atoms with E-state index >= 15 is 0 Å². The van der Waals surface area contributed by atoms with Gasteiger partial charge in [-0.25, -0.2) is 0 Å². The maximum atomic E-state index is 12.4. The summed E-state index contributed by atoms with van der Waals surface area (Å²) in [6.45, 7) is 1.53. The zero-order valence-corrected chi connectivity index (χ0v) is 13.7. The Labute approximate surface area is 136 Å². The Bertz CT molecular complexity index is 493. The summed E-state index contributed by atoms with van der Waals surface area (Å²) in [4.78, 5) is 14.4. The van der Waals surface area contributed by atoms with E-state index < -0.39 is 0 Å². The summed E-state index contributed by atoms with van der Waals surface area (Å²) in [6.07, 6.45) is 5.57. The fraction of sp³-hybridized carbons (Fsp3) is 0.562. The molecule has 0 aromatic heterocycles. The van der Waals surface area contributed by atoms with Gasteiger partial charge in [0.15, 0.2) is 0 Å². The van der Waals surface area contributed by atoms with Crippen LogP contribution in [0.5, 0.6) is 0 Å². The molecule has 21 heavy (non-hydrogen) atoms. The highest BCUT2D eigenvalue weighted by molar-refractivity contribution is 6.42. The molecule has 2 N–H and O–H groups in total. The van der Waals surface area contributed by atoms with E-state index in [0.29, 0.717) is 23.0 Å². The van der Waals surface area contributed by atoms with Crippen LogP contribution in [0.1, 0.15) is 50.1 Å². The lowest BCUT2D eigenvalue weighted by Crippen LogP contribution is -2.30. The lowest BCUT2D eigenvalue weighted by atomic mass is 10.0. The first-order valence-electron chi connectivity index (χ1n) is 7.58. The molecule has 1 unspecified atom stereocenters. The number of nitrogens with two attached hydrogens (primary N) is 1. The van der Waals surface area contributed by atoms with Crippen molar-refractivity contribution in [3.63, 3.8) is 0 Å². The van der Waals surface area contributed by atoms with Crippen molar-refractivity contribution in [2.75, 3.05) is 13.1 Å². The molecule has 1 aromatic rings. The van der Waals surface area contributed by atoms with Gasteiger partial charge >= 0.3 is 0 Å². The molecule has 5 heteroatoms. The quantitative estimate of drug-likeness (QED) is 0.796. The number of hydrogen-bond acceptors (Lipinski definition) is 2. The number of carbonyl (C=O) groups is 1. The Morgan fingerprint density at radius 1 is 1.24 bits per heavy atom. The number of benzene rings is 1. The standard InChI is InChI=1S/C16H22Cl2N2O/c17-13-8-7-12(11-14(13)18)15-5-4-10-20(15)16(21)6-2-1-3-9-19/h7-8,11,15H,1-6,9-10,19H2. The zero-order valence-electron chi connectivity index (χ0n) is 12.2. The van der Waals surface area contributed by atoms with Gasteiger partial charge in [0.25, 0.3) is 0 Å². The van der Waals surface area contributed by atoms with Gasteiger partial charge in [-0.3, -0.25) is 4.79 Å². The minimum Gasteiger partial charge on any atom is -0.336 e. The minimum atomic E-state index is 0.141. The lowest BCUT2D eigenvalue weighted by molar-refractivity contribution is -0.132. The molecule has 1 saturated heterocycles. The van der Waals surface area contributed by atoms with Crippen LogP contribution in [0.2, 0.25) is 10.0 Å². The molecule has 1 aliphatic heterocycles. The molecule has 1 amide bonds.